The third kappa shape index (κ3) is 6.19. The lowest BCUT2D eigenvalue weighted by atomic mass is 9.83. The summed E-state index contributed by atoms with van der Waals surface area (Å²) in [4.78, 5) is 39.2. The maximum Gasteiger partial charge on any atom is 0.326 e. The van der Waals surface area contributed by atoms with Gasteiger partial charge in [0, 0.05) is 6.54 Å². The molecule has 1 aliphatic heterocycles. The zero-order valence-corrected chi connectivity index (χ0v) is 18.2. The Balaban J connectivity index is 1.64. The van der Waals surface area contributed by atoms with Crippen LogP contribution in [0.3, 0.4) is 0 Å². The summed E-state index contributed by atoms with van der Waals surface area (Å²) in [6.45, 7) is 0.445. The van der Waals surface area contributed by atoms with Crippen molar-refractivity contribution in [1.29, 1.82) is 0 Å². The second-order valence-corrected chi connectivity index (χ2v) is 9.68. The first-order valence-corrected chi connectivity index (χ1v) is 12.0. The lowest BCUT2D eigenvalue weighted by Crippen LogP contribution is -2.55. The van der Waals surface area contributed by atoms with Gasteiger partial charge in [-0.05, 0) is 37.5 Å². The highest BCUT2D eigenvalue weighted by Gasteiger charge is 2.39. The van der Waals surface area contributed by atoms with E-state index in [9.17, 15) is 19.5 Å². The molecule has 1 saturated heterocycles. The van der Waals surface area contributed by atoms with Gasteiger partial charge >= 0.3 is 5.97 Å². The fourth-order valence-electron chi connectivity index (χ4n) is 5.63. The van der Waals surface area contributed by atoms with Crippen LogP contribution in [0.1, 0.15) is 89.9 Å². The summed E-state index contributed by atoms with van der Waals surface area (Å²) in [7, 11) is 0. The van der Waals surface area contributed by atoms with Gasteiger partial charge < -0.3 is 21.1 Å². The maximum atomic E-state index is 13.3. The Labute approximate surface area is 180 Å². The Hall–Kier alpha value is -1.63. The second kappa shape index (κ2) is 11.1. The number of amides is 2. The summed E-state index contributed by atoms with van der Waals surface area (Å²) in [6, 6.07) is -2.05. The third-order valence-electron chi connectivity index (χ3n) is 7.38. The van der Waals surface area contributed by atoms with Crippen LogP contribution < -0.4 is 11.1 Å². The van der Waals surface area contributed by atoms with Crippen molar-refractivity contribution < 1.29 is 19.5 Å². The molecule has 3 fully saturated rings. The molecule has 0 aromatic carbocycles. The maximum absolute atomic E-state index is 13.3. The summed E-state index contributed by atoms with van der Waals surface area (Å²) in [5.41, 5.74) is 6.23. The zero-order chi connectivity index (χ0) is 21.5. The van der Waals surface area contributed by atoms with E-state index in [0.29, 0.717) is 44.1 Å². The largest absolute Gasteiger partial charge is 0.480 e. The highest BCUT2D eigenvalue weighted by molar-refractivity contribution is 5.92. The topological polar surface area (TPSA) is 113 Å². The Morgan fingerprint density at radius 1 is 0.867 bits per heavy atom. The zero-order valence-electron chi connectivity index (χ0n) is 18.2. The van der Waals surface area contributed by atoms with Gasteiger partial charge in [-0.2, -0.15) is 0 Å². The predicted octanol–water partition coefficient (Wildman–Crippen LogP) is 2.81. The van der Waals surface area contributed by atoms with Gasteiger partial charge in [0.2, 0.25) is 11.8 Å². The smallest absolute Gasteiger partial charge is 0.326 e. The van der Waals surface area contributed by atoms with E-state index >= 15 is 0 Å². The van der Waals surface area contributed by atoms with Gasteiger partial charge in [0.25, 0.3) is 0 Å². The number of hydrogen-bond donors (Lipinski definition) is 3. The molecule has 0 unspecified atom stereocenters. The average molecular weight is 422 g/mol. The van der Waals surface area contributed by atoms with Crippen LogP contribution in [-0.2, 0) is 14.4 Å². The number of rotatable bonds is 8. The van der Waals surface area contributed by atoms with Crippen molar-refractivity contribution in [2.24, 2.45) is 17.6 Å². The number of nitrogens with two attached hydrogens (primary N) is 1. The first-order chi connectivity index (χ1) is 14.5. The fraction of sp³-hybridized carbons (Fsp3) is 0.870. The van der Waals surface area contributed by atoms with Gasteiger partial charge in [-0.25, -0.2) is 4.79 Å². The van der Waals surface area contributed by atoms with Crippen molar-refractivity contribution in [3.63, 3.8) is 0 Å². The lowest BCUT2D eigenvalue weighted by Gasteiger charge is -2.32. The summed E-state index contributed by atoms with van der Waals surface area (Å²) < 4.78 is 0. The molecule has 3 aliphatic rings. The Morgan fingerprint density at radius 2 is 1.43 bits per heavy atom. The number of carboxylic acid groups (broad SMARTS) is 1. The van der Waals surface area contributed by atoms with Gasteiger partial charge in [-0.1, -0.05) is 64.2 Å². The molecule has 2 saturated carbocycles. The number of nitrogens with one attached hydrogen (secondary N) is 1. The van der Waals surface area contributed by atoms with Crippen LogP contribution in [0.5, 0.6) is 0 Å². The molecule has 3 rings (SSSR count). The minimum Gasteiger partial charge on any atom is -0.480 e. The number of hydrogen-bond acceptors (Lipinski definition) is 4. The SMILES string of the molecule is N[C@@H](CC1CCCCC1)C(=O)N[C@@H](CC1CCCCC1)C(=O)N1CCC[C@H]1C(=O)O. The van der Waals surface area contributed by atoms with Crippen molar-refractivity contribution in [2.45, 2.75) is 108 Å². The molecule has 0 aromatic rings. The first kappa shape index (κ1) is 23.0. The summed E-state index contributed by atoms with van der Waals surface area (Å²) >= 11 is 0. The summed E-state index contributed by atoms with van der Waals surface area (Å²) in [5.74, 6) is -0.586. The molecular formula is C23H39N3O4. The van der Waals surface area contributed by atoms with Crippen LogP contribution >= 0.6 is 0 Å². The molecule has 2 aliphatic carbocycles. The first-order valence-electron chi connectivity index (χ1n) is 12.0. The van der Waals surface area contributed by atoms with Crippen LogP contribution in [0.15, 0.2) is 0 Å². The van der Waals surface area contributed by atoms with Crippen molar-refractivity contribution in [1.82, 2.24) is 10.2 Å². The minimum absolute atomic E-state index is 0.247. The number of carboxylic acids is 1. The van der Waals surface area contributed by atoms with Crippen LogP contribution in [-0.4, -0.2) is 52.5 Å². The average Bonchev–Trinajstić information content (AvgIpc) is 3.24. The van der Waals surface area contributed by atoms with E-state index in [1.807, 2.05) is 0 Å². The standard InChI is InChI=1S/C23H39N3O4/c24-18(14-16-8-3-1-4-9-16)21(27)25-19(15-17-10-5-2-6-11-17)22(28)26-13-7-12-20(26)23(29)30/h16-20H,1-15,24H2,(H,25,27)(H,29,30)/t18-,19-,20-/m0/s1. The Morgan fingerprint density at radius 3 is 2.00 bits per heavy atom. The molecule has 170 valence electrons. The van der Waals surface area contributed by atoms with E-state index in [1.54, 1.807) is 0 Å². The van der Waals surface area contributed by atoms with Crippen LogP contribution in [0.25, 0.3) is 0 Å². The Bertz CT molecular complexity index is 599. The lowest BCUT2D eigenvalue weighted by molar-refractivity contribution is -0.149. The van der Waals surface area contributed by atoms with Crippen molar-refractivity contribution in [2.75, 3.05) is 6.54 Å². The van der Waals surface area contributed by atoms with E-state index in [0.717, 1.165) is 38.5 Å². The van der Waals surface area contributed by atoms with Gasteiger partial charge in [0.05, 0.1) is 6.04 Å². The highest BCUT2D eigenvalue weighted by Crippen LogP contribution is 2.30. The molecule has 0 radical (unpaired) electrons. The molecule has 7 nitrogen and oxygen atoms in total. The number of carbonyl (C=O) groups is 3. The number of aliphatic carboxylic acids is 1. The van der Waals surface area contributed by atoms with E-state index in [-0.39, 0.29) is 11.8 Å². The molecule has 7 heteroatoms. The van der Waals surface area contributed by atoms with Crippen molar-refractivity contribution in [3.05, 3.63) is 0 Å². The molecular weight excluding hydrogens is 382 g/mol. The number of nitrogens with zero attached hydrogens (tertiary/aromatic N) is 1. The van der Waals surface area contributed by atoms with Crippen molar-refractivity contribution >= 4 is 17.8 Å². The van der Waals surface area contributed by atoms with Gasteiger partial charge in [0.1, 0.15) is 12.1 Å². The summed E-state index contributed by atoms with van der Waals surface area (Å²) in [5, 5.41) is 12.4. The van der Waals surface area contributed by atoms with Gasteiger partial charge in [0.15, 0.2) is 0 Å². The second-order valence-electron chi connectivity index (χ2n) is 9.68. The van der Waals surface area contributed by atoms with E-state index in [1.165, 1.54) is 30.6 Å². The minimum atomic E-state index is -0.961. The molecule has 0 bridgehead atoms. The number of carbonyl (C=O) groups excluding carboxylic acids is 2. The van der Waals surface area contributed by atoms with Gasteiger partial charge in [-0.3, -0.25) is 9.59 Å². The molecule has 4 N–H and O–H groups in total. The normalized spacial score (nSPS) is 25.6. The molecule has 0 aromatic heterocycles. The van der Waals surface area contributed by atoms with Crippen molar-refractivity contribution in [3.8, 4) is 0 Å². The highest BCUT2D eigenvalue weighted by atomic mass is 16.4. The Kier molecular flexibility index (Phi) is 8.54. The molecule has 3 atom stereocenters. The molecule has 30 heavy (non-hydrogen) atoms. The summed E-state index contributed by atoms with van der Waals surface area (Å²) in [6.07, 6.45) is 14.0. The van der Waals surface area contributed by atoms with E-state index in [4.69, 9.17) is 5.73 Å². The quantitative estimate of drug-likeness (QED) is 0.558. The number of likely N-dealkylation sites (tertiary alicyclic amines) is 1. The van der Waals surface area contributed by atoms with Crippen LogP contribution in [0, 0.1) is 11.8 Å². The van der Waals surface area contributed by atoms with Crippen LogP contribution in [0.4, 0.5) is 0 Å². The van der Waals surface area contributed by atoms with Crippen LogP contribution in [0.2, 0.25) is 0 Å². The van der Waals surface area contributed by atoms with E-state index < -0.39 is 24.1 Å². The van der Waals surface area contributed by atoms with Gasteiger partial charge in [-0.15, -0.1) is 0 Å². The predicted molar refractivity (Wildman–Crippen MR) is 115 cm³/mol. The monoisotopic (exact) mass is 421 g/mol. The molecule has 1 heterocycles. The fourth-order valence-corrected chi connectivity index (χ4v) is 5.63. The van der Waals surface area contributed by atoms with E-state index in [2.05, 4.69) is 5.32 Å². The molecule has 0 spiro atoms. The molecule has 2 amide bonds. The third-order valence-corrected chi connectivity index (χ3v) is 7.38.